The molecular weight excluding hydrogens is 290 g/mol. The van der Waals surface area contributed by atoms with Crippen LogP contribution in [-0.4, -0.2) is 32.1 Å². The molecular formula is C17H19N5O. The molecule has 4 rings (SSSR count). The minimum atomic E-state index is 0.197. The normalized spacial score (nSPS) is 20.9. The van der Waals surface area contributed by atoms with E-state index >= 15 is 0 Å². The quantitative estimate of drug-likeness (QED) is 0.758. The van der Waals surface area contributed by atoms with Crippen molar-refractivity contribution in [1.29, 1.82) is 0 Å². The van der Waals surface area contributed by atoms with Gasteiger partial charge < -0.3 is 15.0 Å². The zero-order valence-electron chi connectivity index (χ0n) is 12.8. The van der Waals surface area contributed by atoms with E-state index in [-0.39, 0.29) is 12.1 Å². The van der Waals surface area contributed by atoms with Crippen molar-refractivity contribution in [1.82, 2.24) is 19.9 Å². The van der Waals surface area contributed by atoms with Crippen LogP contribution in [0.5, 0.6) is 0 Å². The predicted molar refractivity (Wildman–Crippen MR) is 88.0 cm³/mol. The van der Waals surface area contributed by atoms with Crippen molar-refractivity contribution in [3.05, 3.63) is 48.5 Å². The molecule has 2 heterocycles. The summed E-state index contributed by atoms with van der Waals surface area (Å²) >= 11 is 0. The highest BCUT2D eigenvalue weighted by Crippen LogP contribution is 2.27. The number of rotatable bonds is 5. The van der Waals surface area contributed by atoms with E-state index in [1.165, 1.54) is 5.56 Å². The fraction of sp³-hybridized carbons (Fsp3) is 0.353. The second kappa shape index (κ2) is 6.34. The number of nitrogens with one attached hydrogen (secondary N) is 2. The second-order valence-corrected chi connectivity index (χ2v) is 5.84. The Morgan fingerprint density at radius 2 is 2.04 bits per heavy atom. The molecule has 1 aliphatic carbocycles. The Labute approximate surface area is 134 Å². The minimum absolute atomic E-state index is 0.197. The zero-order valence-corrected chi connectivity index (χ0v) is 12.8. The van der Waals surface area contributed by atoms with Gasteiger partial charge in [0.05, 0.1) is 25.1 Å². The van der Waals surface area contributed by atoms with Gasteiger partial charge in [0, 0.05) is 0 Å². The number of H-pyrrole nitrogens is 1. The van der Waals surface area contributed by atoms with Crippen molar-refractivity contribution in [3.8, 4) is 0 Å². The van der Waals surface area contributed by atoms with Crippen molar-refractivity contribution in [2.45, 2.75) is 38.0 Å². The van der Waals surface area contributed by atoms with Gasteiger partial charge in [-0.1, -0.05) is 30.3 Å². The summed E-state index contributed by atoms with van der Waals surface area (Å²) in [4.78, 5) is 15.8. The van der Waals surface area contributed by atoms with Crippen molar-refractivity contribution < 1.29 is 4.74 Å². The molecule has 1 aromatic carbocycles. The molecule has 0 spiro atoms. The molecule has 6 nitrogen and oxygen atoms in total. The van der Waals surface area contributed by atoms with Gasteiger partial charge in [-0.15, -0.1) is 0 Å². The Kier molecular flexibility index (Phi) is 3.90. The van der Waals surface area contributed by atoms with E-state index in [0.717, 1.165) is 30.6 Å². The average Bonchev–Trinajstić information content (AvgIpc) is 3.23. The van der Waals surface area contributed by atoms with E-state index in [0.29, 0.717) is 12.3 Å². The van der Waals surface area contributed by atoms with Gasteiger partial charge in [-0.25, -0.2) is 15.0 Å². The van der Waals surface area contributed by atoms with E-state index in [4.69, 9.17) is 4.74 Å². The molecule has 0 bridgehead atoms. The van der Waals surface area contributed by atoms with Crippen LogP contribution in [0.25, 0.3) is 11.2 Å². The van der Waals surface area contributed by atoms with E-state index < -0.39 is 0 Å². The molecule has 23 heavy (non-hydrogen) atoms. The summed E-state index contributed by atoms with van der Waals surface area (Å²) in [7, 11) is 0. The van der Waals surface area contributed by atoms with Crippen LogP contribution < -0.4 is 5.32 Å². The Bertz CT molecular complexity index is 773. The summed E-state index contributed by atoms with van der Waals surface area (Å²) < 4.78 is 6.14. The third-order valence-corrected chi connectivity index (χ3v) is 4.30. The first kappa shape index (κ1) is 14.1. The van der Waals surface area contributed by atoms with Crippen molar-refractivity contribution in [2.75, 3.05) is 5.32 Å². The number of anilines is 1. The maximum atomic E-state index is 6.14. The number of nitrogens with zero attached hydrogens (tertiary/aromatic N) is 3. The number of imidazole rings is 1. The highest BCUT2D eigenvalue weighted by molar-refractivity contribution is 5.82. The standard InChI is InChI=1S/C17H19N5O/c1-2-5-12(6-3-1)9-23-14-8-4-7-13(14)22-17-15-16(19-10-18-15)20-11-21-17/h1-3,5-6,10-11,13-14H,4,7-9H2,(H2,18,19,20,21,22)/t13-,14-/m0/s1. The van der Waals surface area contributed by atoms with Crippen LogP contribution in [0.15, 0.2) is 43.0 Å². The lowest BCUT2D eigenvalue weighted by molar-refractivity contribution is 0.0394. The number of hydrogen-bond donors (Lipinski definition) is 2. The van der Waals surface area contributed by atoms with Crippen LogP contribution in [0.3, 0.4) is 0 Å². The maximum Gasteiger partial charge on any atom is 0.182 e. The number of fused-ring (bicyclic) bond motifs is 1. The zero-order chi connectivity index (χ0) is 15.5. The summed E-state index contributed by atoms with van der Waals surface area (Å²) in [6, 6.07) is 10.6. The first-order valence-electron chi connectivity index (χ1n) is 7.96. The van der Waals surface area contributed by atoms with Crippen LogP contribution >= 0.6 is 0 Å². The smallest absolute Gasteiger partial charge is 0.182 e. The molecule has 1 saturated carbocycles. The molecule has 0 saturated heterocycles. The lowest BCUT2D eigenvalue weighted by Gasteiger charge is -2.22. The molecule has 1 fully saturated rings. The first-order chi connectivity index (χ1) is 11.4. The number of hydrogen-bond acceptors (Lipinski definition) is 5. The number of aromatic nitrogens is 4. The number of aromatic amines is 1. The molecule has 0 aliphatic heterocycles. The molecule has 118 valence electrons. The fourth-order valence-corrected chi connectivity index (χ4v) is 3.12. The van der Waals surface area contributed by atoms with Crippen LogP contribution in [0.2, 0.25) is 0 Å². The van der Waals surface area contributed by atoms with Gasteiger partial charge in [0.2, 0.25) is 0 Å². The molecule has 2 N–H and O–H groups in total. The van der Waals surface area contributed by atoms with Gasteiger partial charge in [-0.2, -0.15) is 0 Å². The van der Waals surface area contributed by atoms with Crippen molar-refractivity contribution in [3.63, 3.8) is 0 Å². The van der Waals surface area contributed by atoms with Gasteiger partial charge in [-0.05, 0) is 24.8 Å². The Balaban J connectivity index is 1.44. The lowest BCUT2D eigenvalue weighted by atomic mass is 10.2. The van der Waals surface area contributed by atoms with Gasteiger partial charge in [-0.3, -0.25) is 0 Å². The third-order valence-electron chi connectivity index (χ3n) is 4.30. The molecule has 6 heteroatoms. The third kappa shape index (κ3) is 3.03. The minimum Gasteiger partial charge on any atom is -0.371 e. The Morgan fingerprint density at radius 1 is 1.13 bits per heavy atom. The molecule has 2 atom stereocenters. The summed E-state index contributed by atoms with van der Waals surface area (Å²) in [5.74, 6) is 0.799. The van der Waals surface area contributed by atoms with Gasteiger partial charge in [0.25, 0.3) is 0 Å². The number of ether oxygens (including phenoxy) is 1. The van der Waals surface area contributed by atoms with Gasteiger partial charge >= 0.3 is 0 Å². The topological polar surface area (TPSA) is 75.7 Å². The molecule has 0 unspecified atom stereocenters. The van der Waals surface area contributed by atoms with Crippen LogP contribution in [0, 0.1) is 0 Å². The predicted octanol–water partition coefficient (Wildman–Crippen LogP) is 2.90. The number of benzene rings is 1. The molecule has 0 radical (unpaired) electrons. The molecule has 0 amide bonds. The molecule has 2 aromatic heterocycles. The van der Waals surface area contributed by atoms with Crippen molar-refractivity contribution in [2.24, 2.45) is 0 Å². The van der Waals surface area contributed by atoms with E-state index in [1.807, 2.05) is 18.2 Å². The van der Waals surface area contributed by atoms with Gasteiger partial charge in [0.1, 0.15) is 11.8 Å². The van der Waals surface area contributed by atoms with Crippen LogP contribution in [-0.2, 0) is 11.3 Å². The largest absolute Gasteiger partial charge is 0.371 e. The average molecular weight is 309 g/mol. The Hall–Kier alpha value is -2.47. The van der Waals surface area contributed by atoms with E-state index in [2.05, 4.69) is 37.4 Å². The molecule has 1 aliphatic rings. The Morgan fingerprint density at radius 3 is 2.96 bits per heavy atom. The molecule has 3 aromatic rings. The van der Waals surface area contributed by atoms with Gasteiger partial charge in [0.15, 0.2) is 11.5 Å². The van der Waals surface area contributed by atoms with Crippen LogP contribution in [0.4, 0.5) is 5.82 Å². The lowest BCUT2D eigenvalue weighted by Crippen LogP contribution is -2.31. The van der Waals surface area contributed by atoms with Crippen molar-refractivity contribution >= 4 is 17.0 Å². The summed E-state index contributed by atoms with van der Waals surface area (Å²) in [6.07, 6.45) is 6.70. The highest BCUT2D eigenvalue weighted by Gasteiger charge is 2.28. The van der Waals surface area contributed by atoms with Crippen LogP contribution in [0.1, 0.15) is 24.8 Å². The fourth-order valence-electron chi connectivity index (χ4n) is 3.12. The van der Waals surface area contributed by atoms with E-state index in [1.54, 1.807) is 12.7 Å². The highest BCUT2D eigenvalue weighted by atomic mass is 16.5. The second-order valence-electron chi connectivity index (χ2n) is 5.84. The van der Waals surface area contributed by atoms with E-state index in [9.17, 15) is 0 Å². The first-order valence-corrected chi connectivity index (χ1v) is 7.96. The summed E-state index contributed by atoms with van der Waals surface area (Å²) in [5, 5.41) is 3.51. The monoisotopic (exact) mass is 309 g/mol. The maximum absolute atomic E-state index is 6.14. The SMILES string of the molecule is c1ccc(CO[C@H]2CCC[C@@H]2Nc2ncnc3nc[nH]c23)cc1. The summed E-state index contributed by atoms with van der Waals surface area (Å²) in [6.45, 7) is 0.646. The summed E-state index contributed by atoms with van der Waals surface area (Å²) in [5.41, 5.74) is 2.74.